The van der Waals surface area contributed by atoms with Crippen molar-refractivity contribution in [2.45, 2.75) is 71.0 Å². The minimum absolute atomic E-state index is 0.0676. The fourth-order valence-corrected chi connectivity index (χ4v) is 3.91. The lowest BCUT2D eigenvalue weighted by molar-refractivity contribution is -0.123. The van der Waals surface area contributed by atoms with E-state index in [9.17, 15) is 4.79 Å². The van der Waals surface area contributed by atoms with Crippen molar-refractivity contribution in [3.63, 3.8) is 0 Å². The Balaban J connectivity index is 1.83. The van der Waals surface area contributed by atoms with E-state index in [2.05, 4.69) is 15.3 Å². The molecule has 1 atom stereocenters. The number of methoxy groups -OCH3 is 1. The van der Waals surface area contributed by atoms with Crippen LogP contribution < -0.4 is 15.0 Å². The Bertz CT molecular complexity index is 788. The highest BCUT2D eigenvalue weighted by Gasteiger charge is 2.28. The van der Waals surface area contributed by atoms with E-state index in [1.807, 2.05) is 49.1 Å². The quantitative estimate of drug-likeness (QED) is 0.730. The van der Waals surface area contributed by atoms with Crippen molar-refractivity contribution in [2.24, 2.45) is 0 Å². The molecule has 156 valence electrons. The lowest BCUT2D eigenvalue weighted by Crippen LogP contribution is -2.50. The molecule has 0 spiro atoms. The number of carbonyl (C=O) groups excluding carboxylic acids is 1. The maximum Gasteiger partial charge on any atom is 0.243 e. The van der Waals surface area contributed by atoms with Crippen molar-refractivity contribution in [2.75, 3.05) is 12.0 Å². The predicted molar refractivity (Wildman–Crippen MR) is 115 cm³/mol. The minimum Gasteiger partial charge on any atom is -0.497 e. The van der Waals surface area contributed by atoms with Crippen LogP contribution in [0.25, 0.3) is 0 Å². The fourth-order valence-electron chi connectivity index (χ4n) is 3.91. The largest absolute Gasteiger partial charge is 0.497 e. The third-order valence-corrected chi connectivity index (χ3v) is 5.57. The summed E-state index contributed by atoms with van der Waals surface area (Å²) in [5, 5.41) is 3.28. The maximum absolute atomic E-state index is 13.2. The number of hydrogen-bond donors (Lipinski definition) is 1. The number of aryl methyl sites for hydroxylation is 1. The highest BCUT2D eigenvalue weighted by molar-refractivity contribution is 5.85. The van der Waals surface area contributed by atoms with Crippen molar-refractivity contribution in [3.05, 3.63) is 47.8 Å². The van der Waals surface area contributed by atoms with Gasteiger partial charge in [0.1, 0.15) is 11.8 Å². The molecule has 1 aromatic carbocycles. The first-order valence-electron chi connectivity index (χ1n) is 10.6. The molecule has 1 aromatic heterocycles. The number of hydrogen-bond acceptors (Lipinski definition) is 5. The first kappa shape index (κ1) is 21.1. The zero-order valence-electron chi connectivity index (χ0n) is 17.7. The second-order valence-corrected chi connectivity index (χ2v) is 7.74. The van der Waals surface area contributed by atoms with Crippen LogP contribution in [-0.4, -0.2) is 35.1 Å². The summed E-state index contributed by atoms with van der Waals surface area (Å²) in [5.74, 6) is 1.47. The zero-order chi connectivity index (χ0) is 20.6. The summed E-state index contributed by atoms with van der Waals surface area (Å²) < 4.78 is 5.26. The van der Waals surface area contributed by atoms with Crippen LogP contribution in [0.2, 0.25) is 0 Å². The first-order chi connectivity index (χ1) is 14.1. The van der Waals surface area contributed by atoms with Crippen molar-refractivity contribution in [3.8, 4) is 5.75 Å². The number of nitrogens with one attached hydrogen (secondary N) is 1. The average molecular weight is 397 g/mol. The Hall–Kier alpha value is -2.63. The molecule has 6 heteroatoms. The Morgan fingerprint density at radius 3 is 2.55 bits per heavy atom. The Kier molecular flexibility index (Phi) is 7.44. The van der Waals surface area contributed by atoms with Gasteiger partial charge in [0, 0.05) is 24.5 Å². The summed E-state index contributed by atoms with van der Waals surface area (Å²) >= 11 is 0. The van der Waals surface area contributed by atoms with Gasteiger partial charge in [-0.1, -0.05) is 38.3 Å². The smallest absolute Gasteiger partial charge is 0.243 e. The van der Waals surface area contributed by atoms with E-state index in [0.29, 0.717) is 18.9 Å². The Labute approximate surface area is 173 Å². The number of benzene rings is 1. The maximum atomic E-state index is 13.2. The van der Waals surface area contributed by atoms with E-state index in [1.54, 1.807) is 13.3 Å². The van der Waals surface area contributed by atoms with Gasteiger partial charge in [0.25, 0.3) is 0 Å². The molecule has 1 fully saturated rings. The number of aromatic nitrogens is 2. The van der Waals surface area contributed by atoms with E-state index in [1.165, 1.54) is 19.3 Å². The van der Waals surface area contributed by atoms with Gasteiger partial charge in [-0.25, -0.2) is 9.97 Å². The van der Waals surface area contributed by atoms with E-state index in [0.717, 1.165) is 29.8 Å². The molecule has 0 radical (unpaired) electrons. The van der Waals surface area contributed by atoms with Crippen LogP contribution >= 0.6 is 0 Å². The predicted octanol–water partition coefficient (Wildman–Crippen LogP) is 4.03. The highest BCUT2D eigenvalue weighted by Crippen LogP contribution is 2.22. The van der Waals surface area contributed by atoms with E-state index >= 15 is 0 Å². The molecule has 1 unspecified atom stereocenters. The van der Waals surface area contributed by atoms with Crippen LogP contribution in [0.15, 0.2) is 36.5 Å². The van der Waals surface area contributed by atoms with Crippen LogP contribution in [0.5, 0.6) is 5.75 Å². The van der Waals surface area contributed by atoms with E-state index in [4.69, 9.17) is 4.74 Å². The molecule has 0 bridgehead atoms. The third kappa shape index (κ3) is 5.68. The van der Waals surface area contributed by atoms with Gasteiger partial charge in [-0.05, 0) is 49.9 Å². The monoisotopic (exact) mass is 396 g/mol. The van der Waals surface area contributed by atoms with Crippen molar-refractivity contribution in [1.29, 1.82) is 0 Å². The Morgan fingerprint density at radius 1 is 1.21 bits per heavy atom. The average Bonchev–Trinajstić information content (AvgIpc) is 2.75. The van der Waals surface area contributed by atoms with E-state index < -0.39 is 0 Å². The summed E-state index contributed by atoms with van der Waals surface area (Å²) in [6.45, 7) is 4.55. The van der Waals surface area contributed by atoms with E-state index in [-0.39, 0.29) is 18.0 Å². The van der Waals surface area contributed by atoms with Gasteiger partial charge in [0.2, 0.25) is 11.9 Å². The van der Waals surface area contributed by atoms with Gasteiger partial charge in [0.05, 0.1) is 7.11 Å². The van der Waals surface area contributed by atoms with Gasteiger partial charge < -0.3 is 15.0 Å². The van der Waals surface area contributed by atoms with Gasteiger partial charge in [0.15, 0.2) is 0 Å². The highest BCUT2D eigenvalue weighted by atomic mass is 16.5. The number of amides is 1. The van der Waals surface area contributed by atoms with Gasteiger partial charge in [-0.15, -0.1) is 0 Å². The zero-order valence-corrected chi connectivity index (χ0v) is 17.7. The summed E-state index contributed by atoms with van der Waals surface area (Å²) in [7, 11) is 1.66. The van der Waals surface area contributed by atoms with Crippen LogP contribution in [0.3, 0.4) is 0 Å². The van der Waals surface area contributed by atoms with Crippen LogP contribution in [-0.2, 0) is 11.3 Å². The minimum atomic E-state index is -0.319. The lowest BCUT2D eigenvalue weighted by Gasteiger charge is -2.32. The molecule has 0 saturated heterocycles. The second-order valence-electron chi connectivity index (χ2n) is 7.74. The lowest BCUT2D eigenvalue weighted by atomic mass is 9.95. The molecule has 1 aliphatic rings. The third-order valence-electron chi connectivity index (χ3n) is 5.57. The standard InChI is InChI=1S/C23H32N4O2/c1-4-21(22(28)26-19-8-6-5-7-9-19)27(23-24-15-14-17(2)25-23)16-18-10-12-20(29-3)13-11-18/h10-15,19,21H,4-9,16H2,1-3H3,(H,26,28). The molecule has 1 N–H and O–H groups in total. The van der Waals surface area contributed by atoms with Crippen LogP contribution in [0.1, 0.15) is 56.7 Å². The molecule has 2 aromatic rings. The number of carbonyl (C=O) groups is 1. The molecule has 1 amide bonds. The van der Waals surface area contributed by atoms with Crippen molar-refractivity contribution < 1.29 is 9.53 Å². The number of rotatable bonds is 8. The molecular weight excluding hydrogens is 364 g/mol. The van der Waals surface area contributed by atoms with Gasteiger partial charge in [-0.2, -0.15) is 0 Å². The molecule has 1 aliphatic carbocycles. The van der Waals surface area contributed by atoms with Gasteiger partial charge >= 0.3 is 0 Å². The molecule has 0 aliphatic heterocycles. The van der Waals surface area contributed by atoms with Crippen LogP contribution in [0.4, 0.5) is 5.95 Å². The van der Waals surface area contributed by atoms with Crippen LogP contribution in [0, 0.1) is 6.92 Å². The summed E-state index contributed by atoms with van der Waals surface area (Å²) in [6, 6.07) is 9.76. The molecule has 29 heavy (non-hydrogen) atoms. The van der Waals surface area contributed by atoms with Gasteiger partial charge in [-0.3, -0.25) is 4.79 Å². The number of ether oxygens (including phenoxy) is 1. The van der Waals surface area contributed by atoms with Crippen molar-refractivity contribution >= 4 is 11.9 Å². The molecular formula is C23H32N4O2. The molecule has 6 nitrogen and oxygen atoms in total. The molecule has 1 heterocycles. The number of anilines is 1. The topological polar surface area (TPSA) is 67.4 Å². The molecule has 3 rings (SSSR count). The SMILES string of the molecule is CCC(C(=O)NC1CCCCC1)N(Cc1ccc(OC)cc1)c1nccc(C)n1. The van der Waals surface area contributed by atoms with Crippen molar-refractivity contribution in [1.82, 2.24) is 15.3 Å². The number of nitrogens with zero attached hydrogens (tertiary/aromatic N) is 3. The summed E-state index contributed by atoms with van der Waals surface area (Å²) in [6.07, 6.45) is 8.24. The molecule has 1 saturated carbocycles. The second kappa shape index (κ2) is 10.2. The Morgan fingerprint density at radius 2 is 1.93 bits per heavy atom. The normalized spacial score (nSPS) is 15.6. The summed E-state index contributed by atoms with van der Waals surface area (Å²) in [4.78, 5) is 24.3. The summed E-state index contributed by atoms with van der Waals surface area (Å²) in [5.41, 5.74) is 1.97. The fraction of sp³-hybridized carbons (Fsp3) is 0.522. The first-order valence-corrected chi connectivity index (χ1v) is 10.6.